The van der Waals surface area contributed by atoms with Crippen molar-refractivity contribution < 1.29 is 0 Å². The molecule has 1 atom stereocenters. The van der Waals surface area contributed by atoms with Crippen LogP contribution in [0.25, 0.3) is 11.3 Å². The molecule has 0 aliphatic carbocycles. The Balaban J connectivity index is 1.39. The number of nitrogens with zero attached hydrogens (tertiary/aromatic N) is 5. The second kappa shape index (κ2) is 7.97. The molecular formula is C17H24N6S2. The molecule has 0 aromatic carbocycles. The van der Waals surface area contributed by atoms with Gasteiger partial charge in [0.05, 0.1) is 11.9 Å². The quantitative estimate of drug-likeness (QED) is 0.874. The zero-order valence-corrected chi connectivity index (χ0v) is 16.1. The summed E-state index contributed by atoms with van der Waals surface area (Å²) in [7, 11) is 1.92. The Hall–Kier alpha value is -1.25. The number of thioether (sulfide) groups is 2. The first-order valence-electron chi connectivity index (χ1n) is 8.76. The smallest absolute Gasteiger partial charge is 0.225 e. The molecule has 0 amide bonds. The fourth-order valence-electron chi connectivity index (χ4n) is 3.34. The van der Waals surface area contributed by atoms with Crippen LogP contribution >= 0.6 is 23.5 Å². The van der Waals surface area contributed by atoms with Crippen LogP contribution in [0.5, 0.6) is 0 Å². The molecule has 2 aliphatic heterocycles. The van der Waals surface area contributed by atoms with E-state index >= 15 is 0 Å². The van der Waals surface area contributed by atoms with Crippen LogP contribution in [0.3, 0.4) is 0 Å². The molecule has 6 nitrogen and oxygen atoms in total. The third kappa shape index (κ3) is 4.30. The van der Waals surface area contributed by atoms with Crippen LogP contribution in [-0.4, -0.2) is 67.9 Å². The SMILES string of the molecule is Cn1cc(-c2ccnc(N3CCC(NC4CSCCSC4)C3)n2)cn1. The Morgan fingerprint density at radius 1 is 1.20 bits per heavy atom. The van der Waals surface area contributed by atoms with Gasteiger partial charge in [-0.25, -0.2) is 9.97 Å². The summed E-state index contributed by atoms with van der Waals surface area (Å²) in [6.45, 7) is 2.00. The molecule has 0 saturated carbocycles. The molecule has 2 aromatic rings. The maximum atomic E-state index is 4.76. The van der Waals surface area contributed by atoms with Crippen molar-refractivity contribution in [2.45, 2.75) is 18.5 Å². The zero-order valence-electron chi connectivity index (χ0n) is 14.5. The first-order chi connectivity index (χ1) is 12.3. The summed E-state index contributed by atoms with van der Waals surface area (Å²) in [4.78, 5) is 11.6. The van der Waals surface area contributed by atoms with E-state index in [1.807, 2.05) is 31.7 Å². The summed E-state index contributed by atoms with van der Waals surface area (Å²) in [6, 6.07) is 3.12. The Kier molecular flexibility index (Phi) is 5.48. The first-order valence-corrected chi connectivity index (χ1v) is 11.1. The van der Waals surface area contributed by atoms with Crippen molar-refractivity contribution in [3.63, 3.8) is 0 Å². The Bertz CT molecular complexity index is 698. The molecule has 1 unspecified atom stereocenters. The van der Waals surface area contributed by atoms with Gasteiger partial charge >= 0.3 is 0 Å². The maximum Gasteiger partial charge on any atom is 0.225 e. The predicted octanol–water partition coefficient (Wildman–Crippen LogP) is 1.89. The highest BCUT2D eigenvalue weighted by atomic mass is 32.2. The van der Waals surface area contributed by atoms with Gasteiger partial charge in [-0.15, -0.1) is 0 Å². The van der Waals surface area contributed by atoms with Crippen molar-refractivity contribution in [2.75, 3.05) is 41.0 Å². The lowest BCUT2D eigenvalue weighted by Gasteiger charge is -2.21. The van der Waals surface area contributed by atoms with Crippen LogP contribution in [0.4, 0.5) is 5.95 Å². The second-order valence-electron chi connectivity index (χ2n) is 6.59. The van der Waals surface area contributed by atoms with Crippen molar-refractivity contribution >= 4 is 29.5 Å². The molecule has 2 aliphatic rings. The van der Waals surface area contributed by atoms with Crippen LogP contribution < -0.4 is 10.2 Å². The highest BCUT2D eigenvalue weighted by Gasteiger charge is 2.27. The van der Waals surface area contributed by atoms with Crippen LogP contribution in [0.1, 0.15) is 6.42 Å². The number of nitrogens with one attached hydrogen (secondary N) is 1. The molecular weight excluding hydrogens is 352 g/mol. The van der Waals surface area contributed by atoms with Crippen molar-refractivity contribution in [1.82, 2.24) is 25.1 Å². The molecule has 4 heterocycles. The van der Waals surface area contributed by atoms with E-state index in [-0.39, 0.29) is 0 Å². The van der Waals surface area contributed by atoms with E-state index in [0.717, 1.165) is 36.7 Å². The lowest BCUT2D eigenvalue weighted by atomic mass is 10.2. The number of rotatable bonds is 4. The highest BCUT2D eigenvalue weighted by molar-refractivity contribution is 8.03. The Morgan fingerprint density at radius 3 is 2.80 bits per heavy atom. The topological polar surface area (TPSA) is 58.9 Å². The summed E-state index contributed by atoms with van der Waals surface area (Å²) in [5.41, 5.74) is 1.97. The Morgan fingerprint density at radius 2 is 2.04 bits per heavy atom. The number of hydrogen-bond donors (Lipinski definition) is 1. The van der Waals surface area contributed by atoms with E-state index in [4.69, 9.17) is 4.98 Å². The first kappa shape index (κ1) is 17.2. The van der Waals surface area contributed by atoms with Crippen molar-refractivity contribution in [2.24, 2.45) is 7.05 Å². The average Bonchev–Trinajstić information content (AvgIpc) is 3.19. The molecule has 134 valence electrons. The number of anilines is 1. The van der Waals surface area contributed by atoms with Gasteiger partial charge in [0.2, 0.25) is 5.95 Å². The van der Waals surface area contributed by atoms with E-state index in [1.165, 1.54) is 23.0 Å². The van der Waals surface area contributed by atoms with Crippen molar-refractivity contribution in [3.05, 3.63) is 24.7 Å². The maximum absolute atomic E-state index is 4.76. The van der Waals surface area contributed by atoms with E-state index in [0.29, 0.717) is 12.1 Å². The number of aryl methyl sites for hydroxylation is 1. The van der Waals surface area contributed by atoms with Crippen LogP contribution in [-0.2, 0) is 7.05 Å². The molecule has 0 bridgehead atoms. The van der Waals surface area contributed by atoms with Gasteiger partial charge in [-0.05, 0) is 12.5 Å². The minimum atomic E-state index is 0.537. The number of hydrogen-bond acceptors (Lipinski definition) is 7. The summed E-state index contributed by atoms with van der Waals surface area (Å²) in [6.07, 6.45) is 6.85. The molecule has 0 radical (unpaired) electrons. The van der Waals surface area contributed by atoms with Gasteiger partial charge in [0, 0.05) is 73.2 Å². The van der Waals surface area contributed by atoms with E-state index in [9.17, 15) is 0 Å². The van der Waals surface area contributed by atoms with E-state index in [2.05, 4.69) is 43.8 Å². The van der Waals surface area contributed by atoms with Crippen LogP contribution in [0.15, 0.2) is 24.7 Å². The second-order valence-corrected chi connectivity index (χ2v) is 8.89. The standard InChI is InChI=1S/C17H24N6S2/c1-22-9-13(8-19-22)16-2-4-18-17(21-16)23-5-3-14(10-23)20-15-11-24-6-7-25-12-15/h2,4,8-9,14-15,20H,3,5-7,10-12H2,1H3. The zero-order chi connectivity index (χ0) is 17.1. The molecule has 2 aromatic heterocycles. The third-order valence-corrected chi connectivity index (χ3v) is 7.12. The summed E-state index contributed by atoms with van der Waals surface area (Å²) < 4.78 is 1.80. The lowest BCUT2D eigenvalue weighted by molar-refractivity contribution is 0.501. The highest BCUT2D eigenvalue weighted by Crippen LogP contribution is 2.22. The van der Waals surface area contributed by atoms with E-state index in [1.54, 1.807) is 4.68 Å². The molecule has 2 fully saturated rings. The van der Waals surface area contributed by atoms with Crippen molar-refractivity contribution in [3.8, 4) is 11.3 Å². The predicted molar refractivity (Wildman–Crippen MR) is 106 cm³/mol. The van der Waals surface area contributed by atoms with Gasteiger partial charge in [0.15, 0.2) is 0 Å². The molecule has 4 rings (SSSR count). The average molecular weight is 377 g/mol. The third-order valence-electron chi connectivity index (χ3n) is 4.60. The van der Waals surface area contributed by atoms with Gasteiger partial charge in [0.25, 0.3) is 0 Å². The van der Waals surface area contributed by atoms with Gasteiger partial charge in [-0.1, -0.05) is 0 Å². The summed E-state index contributed by atoms with van der Waals surface area (Å²) >= 11 is 4.15. The summed E-state index contributed by atoms with van der Waals surface area (Å²) in [5.74, 6) is 5.87. The van der Waals surface area contributed by atoms with E-state index < -0.39 is 0 Å². The van der Waals surface area contributed by atoms with Gasteiger partial charge < -0.3 is 10.2 Å². The fourth-order valence-corrected chi connectivity index (χ4v) is 5.76. The van der Waals surface area contributed by atoms with Gasteiger partial charge in [0.1, 0.15) is 0 Å². The van der Waals surface area contributed by atoms with Crippen LogP contribution in [0.2, 0.25) is 0 Å². The fraction of sp³-hybridized carbons (Fsp3) is 0.588. The molecule has 2 saturated heterocycles. The Labute approximate surface area is 157 Å². The van der Waals surface area contributed by atoms with Crippen LogP contribution in [0, 0.1) is 0 Å². The summed E-state index contributed by atoms with van der Waals surface area (Å²) in [5, 5.41) is 8.09. The lowest BCUT2D eigenvalue weighted by Crippen LogP contribution is -2.42. The molecule has 8 heteroatoms. The largest absolute Gasteiger partial charge is 0.339 e. The minimum absolute atomic E-state index is 0.537. The monoisotopic (exact) mass is 376 g/mol. The minimum Gasteiger partial charge on any atom is -0.339 e. The van der Waals surface area contributed by atoms with Gasteiger partial charge in [-0.3, -0.25) is 4.68 Å². The molecule has 0 spiro atoms. The van der Waals surface area contributed by atoms with Gasteiger partial charge in [-0.2, -0.15) is 28.6 Å². The molecule has 25 heavy (non-hydrogen) atoms. The van der Waals surface area contributed by atoms with Crippen molar-refractivity contribution in [1.29, 1.82) is 0 Å². The molecule has 1 N–H and O–H groups in total. The normalized spacial score (nSPS) is 22.3. The number of aromatic nitrogens is 4.